The Morgan fingerprint density at radius 2 is 2.00 bits per heavy atom. The summed E-state index contributed by atoms with van der Waals surface area (Å²) in [6, 6.07) is 12.5. The summed E-state index contributed by atoms with van der Waals surface area (Å²) in [5.74, 6) is 6.07. The van der Waals surface area contributed by atoms with E-state index < -0.39 is 0 Å². The third-order valence-corrected chi connectivity index (χ3v) is 3.81. The summed E-state index contributed by atoms with van der Waals surface area (Å²) in [6.07, 6.45) is 0. The third-order valence-electron chi connectivity index (χ3n) is 2.91. The van der Waals surface area contributed by atoms with E-state index in [2.05, 4.69) is 59.4 Å². The maximum atomic E-state index is 5.43. The van der Waals surface area contributed by atoms with Crippen molar-refractivity contribution in [3.05, 3.63) is 52.2 Å². The zero-order chi connectivity index (χ0) is 13.5. The van der Waals surface area contributed by atoms with Crippen molar-refractivity contribution in [3.8, 4) is 11.8 Å². The van der Waals surface area contributed by atoms with E-state index in [0.717, 1.165) is 18.7 Å². The lowest BCUT2D eigenvalue weighted by Crippen LogP contribution is -2.21. The molecule has 0 saturated carbocycles. The summed E-state index contributed by atoms with van der Waals surface area (Å²) in [7, 11) is 0. The molecule has 0 aliphatic rings. The number of rotatable bonds is 4. The van der Waals surface area contributed by atoms with Crippen LogP contribution in [0.2, 0.25) is 0 Å². The lowest BCUT2D eigenvalue weighted by atomic mass is 10.2. The summed E-state index contributed by atoms with van der Waals surface area (Å²) in [5.41, 5.74) is 7.78. The summed E-state index contributed by atoms with van der Waals surface area (Å²) >= 11 is 1.75. The molecule has 98 valence electrons. The van der Waals surface area contributed by atoms with Crippen LogP contribution in [-0.4, -0.2) is 13.1 Å². The molecule has 2 N–H and O–H groups in total. The zero-order valence-corrected chi connectivity index (χ0v) is 11.9. The van der Waals surface area contributed by atoms with Crippen LogP contribution in [-0.2, 0) is 6.54 Å². The number of hydrogen-bond donors (Lipinski definition) is 1. The van der Waals surface area contributed by atoms with Crippen molar-refractivity contribution in [2.24, 2.45) is 5.73 Å². The van der Waals surface area contributed by atoms with E-state index in [0.29, 0.717) is 6.54 Å². The summed E-state index contributed by atoms with van der Waals surface area (Å²) in [4.78, 5) is 3.64. The lowest BCUT2D eigenvalue weighted by molar-refractivity contribution is 0.841. The van der Waals surface area contributed by atoms with Crippen LogP contribution >= 0.6 is 11.3 Å². The maximum absolute atomic E-state index is 5.43. The highest BCUT2D eigenvalue weighted by molar-refractivity contribution is 7.10. The maximum Gasteiger partial charge on any atom is 0.0555 e. The van der Waals surface area contributed by atoms with Gasteiger partial charge in [0.2, 0.25) is 0 Å². The quantitative estimate of drug-likeness (QED) is 0.865. The van der Waals surface area contributed by atoms with Crippen molar-refractivity contribution < 1.29 is 0 Å². The number of anilines is 1. The van der Waals surface area contributed by atoms with Gasteiger partial charge in [-0.3, -0.25) is 0 Å². The van der Waals surface area contributed by atoms with Gasteiger partial charge in [0, 0.05) is 22.7 Å². The van der Waals surface area contributed by atoms with E-state index >= 15 is 0 Å². The Morgan fingerprint density at radius 1 is 1.21 bits per heavy atom. The summed E-state index contributed by atoms with van der Waals surface area (Å²) < 4.78 is 0. The minimum atomic E-state index is 0.408. The Morgan fingerprint density at radius 3 is 2.68 bits per heavy atom. The smallest absolute Gasteiger partial charge is 0.0555 e. The van der Waals surface area contributed by atoms with Gasteiger partial charge in [-0.2, -0.15) is 0 Å². The molecule has 1 aromatic carbocycles. The normalized spacial score (nSPS) is 9.79. The van der Waals surface area contributed by atoms with E-state index in [-0.39, 0.29) is 0 Å². The van der Waals surface area contributed by atoms with Gasteiger partial charge in [-0.25, -0.2) is 0 Å². The van der Waals surface area contributed by atoms with Crippen LogP contribution in [0.1, 0.15) is 17.4 Å². The molecule has 0 unspecified atom stereocenters. The van der Waals surface area contributed by atoms with Crippen molar-refractivity contribution in [2.75, 3.05) is 18.0 Å². The second kappa shape index (κ2) is 6.98. The molecule has 2 nitrogen and oxygen atoms in total. The second-order valence-corrected chi connectivity index (χ2v) is 5.11. The highest BCUT2D eigenvalue weighted by atomic mass is 32.1. The van der Waals surface area contributed by atoms with E-state index in [9.17, 15) is 0 Å². The first-order valence-electron chi connectivity index (χ1n) is 6.40. The standard InChI is InChI=1S/C16H18N2S/c1-2-18(15-8-4-3-5-9-15)13-16-14(7-6-11-17)10-12-19-16/h3-5,8-10,12H,2,11,13,17H2,1H3. The molecular weight excluding hydrogens is 252 g/mol. The predicted octanol–water partition coefficient (Wildman–Crippen LogP) is 3.08. The van der Waals surface area contributed by atoms with Crippen molar-refractivity contribution in [3.63, 3.8) is 0 Å². The fraction of sp³-hybridized carbons (Fsp3) is 0.250. The van der Waals surface area contributed by atoms with Crippen LogP contribution < -0.4 is 10.6 Å². The van der Waals surface area contributed by atoms with Gasteiger partial charge >= 0.3 is 0 Å². The first-order chi connectivity index (χ1) is 9.35. The monoisotopic (exact) mass is 270 g/mol. The van der Waals surface area contributed by atoms with E-state index in [1.165, 1.54) is 10.6 Å². The molecule has 0 amide bonds. The van der Waals surface area contributed by atoms with Gasteiger partial charge in [0.15, 0.2) is 0 Å². The molecule has 19 heavy (non-hydrogen) atoms. The van der Waals surface area contributed by atoms with Crippen LogP contribution in [0.5, 0.6) is 0 Å². The Hall–Kier alpha value is -1.76. The zero-order valence-electron chi connectivity index (χ0n) is 11.1. The van der Waals surface area contributed by atoms with Gasteiger partial charge in [0.05, 0.1) is 13.1 Å². The minimum absolute atomic E-state index is 0.408. The Kier molecular flexibility index (Phi) is 5.02. The molecule has 1 heterocycles. The number of benzene rings is 1. The van der Waals surface area contributed by atoms with Crippen molar-refractivity contribution >= 4 is 17.0 Å². The largest absolute Gasteiger partial charge is 0.367 e. The van der Waals surface area contributed by atoms with Crippen LogP contribution in [0, 0.1) is 11.8 Å². The number of hydrogen-bond acceptors (Lipinski definition) is 3. The van der Waals surface area contributed by atoms with Gasteiger partial charge < -0.3 is 10.6 Å². The van der Waals surface area contributed by atoms with Crippen molar-refractivity contribution in [1.29, 1.82) is 0 Å². The van der Waals surface area contributed by atoms with Crippen LogP contribution in [0.3, 0.4) is 0 Å². The first kappa shape index (κ1) is 13.7. The molecule has 0 aliphatic carbocycles. The molecule has 1 aromatic heterocycles. The predicted molar refractivity (Wildman–Crippen MR) is 83.4 cm³/mol. The van der Waals surface area contributed by atoms with Gasteiger partial charge in [-0.1, -0.05) is 30.0 Å². The van der Waals surface area contributed by atoms with Gasteiger partial charge in [0.25, 0.3) is 0 Å². The Balaban J connectivity index is 2.17. The molecule has 2 rings (SSSR count). The number of nitrogens with two attached hydrogens (primary N) is 1. The molecule has 0 saturated heterocycles. The molecule has 0 fully saturated rings. The SMILES string of the molecule is CCN(Cc1sccc1C#CCN)c1ccccc1. The molecule has 0 bridgehead atoms. The van der Waals surface area contributed by atoms with Crippen LogP contribution in [0.15, 0.2) is 41.8 Å². The lowest BCUT2D eigenvalue weighted by Gasteiger charge is -2.22. The average molecular weight is 270 g/mol. The van der Waals surface area contributed by atoms with E-state index in [1.54, 1.807) is 11.3 Å². The molecule has 0 spiro atoms. The van der Waals surface area contributed by atoms with Crippen molar-refractivity contribution in [2.45, 2.75) is 13.5 Å². The Bertz CT molecular complexity index is 563. The molecule has 0 atom stereocenters. The van der Waals surface area contributed by atoms with E-state index in [4.69, 9.17) is 5.73 Å². The van der Waals surface area contributed by atoms with Gasteiger partial charge in [0.1, 0.15) is 0 Å². The van der Waals surface area contributed by atoms with Gasteiger partial charge in [-0.15, -0.1) is 11.3 Å². The molecule has 0 radical (unpaired) electrons. The molecular formula is C16H18N2S. The van der Waals surface area contributed by atoms with Crippen molar-refractivity contribution in [1.82, 2.24) is 0 Å². The fourth-order valence-corrected chi connectivity index (χ4v) is 2.76. The number of para-hydroxylation sites is 1. The average Bonchev–Trinajstić information content (AvgIpc) is 2.90. The number of nitrogens with zero attached hydrogens (tertiary/aromatic N) is 1. The fourth-order valence-electron chi connectivity index (χ4n) is 1.92. The van der Waals surface area contributed by atoms with Gasteiger partial charge in [-0.05, 0) is 30.5 Å². The highest BCUT2D eigenvalue weighted by Gasteiger charge is 2.08. The second-order valence-electron chi connectivity index (χ2n) is 4.11. The number of thiophene rings is 1. The van der Waals surface area contributed by atoms with E-state index in [1.807, 2.05) is 6.07 Å². The molecule has 3 heteroatoms. The topological polar surface area (TPSA) is 29.3 Å². The molecule has 2 aromatic rings. The summed E-state index contributed by atoms with van der Waals surface area (Å²) in [5, 5.41) is 2.09. The minimum Gasteiger partial charge on any atom is -0.367 e. The molecule has 0 aliphatic heterocycles. The first-order valence-corrected chi connectivity index (χ1v) is 7.28. The third kappa shape index (κ3) is 3.60. The highest BCUT2D eigenvalue weighted by Crippen LogP contribution is 2.22. The van der Waals surface area contributed by atoms with Crippen LogP contribution in [0.4, 0.5) is 5.69 Å². The van der Waals surface area contributed by atoms with Crippen LogP contribution in [0.25, 0.3) is 0 Å². The Labute approximate surface area is 118 Å². The summed E-state index contributed by atoms with van der Waals surface area (Å²) in [6.45, 7) is 4.45.